The van der Waals surface area contributed by atoms with Crippen LogP contribution in [0.25, 0.3) is 0 Å². The number of nitrogens with two attached hydrogens (primary N) is 1. The Kier molecular flexibility index (Phi) is 0.318. The molecular formula is C8H11N. The molecule has 0 aliphatic carbocycles. The van der Waals surface area contributed by atoms with Gasteiger partial charge in [0.1, 0.15) is 0 Å². The summed E-state index contributed by atoms with van der Waals surface area (Å²) in [4.78, 5) is 0. The normalized spacial score (nSPS) is 24.7. The standard InChI is InChI=1S/C8H11N/c1-6-4-3-5-7(2)8(6)9/h3-5H,9H2,1-2H3/i1D,2D3,3D,4D,5D/hD2. The molecule has 0 amide bonds. The first-order valence-electron chi connectivity index (χ1n) is 6.93. The van der Waals surface area contributed by atoms with Crippen LogP contribution in [0, 0.1) is 13.8 Å². The van der Waals surface area contributed by atoms with Crippen molar-refractivity contribution in [1.29, 1.82) is 0 Å². The van der Waals surface area contributed by atoms with Crippen molar-refractivity contribution in [3.63, 3.8) is 0 Å². The smallest absolute Gasteiger partial charge is 0.156 e. The lowest BCUT2D eigenvalue weighted by molar-refractivity contribution is 1.39. The summed E-state index contributed by atoms with van der Waals surface area (Å²) in [5.41, 5.74) is -1.32. The summed E-state index contributed by atoms with van der Waals surface area (Å²) < 4.78 is 66.2. The molecule has 48 valence electrons. The molecule has 1 aromatic rings. The van der Waals surface area contributed by atoms with Gasteiger partial charge in [-0.1, -0.05) is 18.1 Å². The summed E-state index contributed by atoms with van der Waals surface area (Å²) >= 11 is 0. The lowest BCUT2D eigenvalue weighted by atomic mass is 10.1. The molecule has 0 saturated heterocycles. The molecule has 2 N–H and O–H groups in total. The predicted octanol–water partition coefficient (Wildman–Crippen LogP) is 1.89. The summed E-state index contributed by atoms with van der Waals surface area (Å²) in [6.45, 7) is -3.31. The van der Waals surface area contributed by atoms with E-state index in [1.165, 1.54) is 0 Å². The van der Waals surface area contributed by atoms with Crippen molar-refractivity contribution in [2.24, 2.45) is 0 Å². The van der Waals surface area contributed by atoms with E-state index in [0.29, 0.717) is 0 Å². The highest BCUT2D eigenvalue weighted by molar-refractivity contribution is 5.52. The topological polar surface area (TPSA) is 26.0 Å². The number of para-hydroxylation sites is 1. The molecule has 0 atom stereocenters. The number of anilines is 1. The van der Waals surface area contributed by atoms with Gasteiger partial charge in [0.05, 0.1) is 4.11 Å². The van der Waals surface area contributed by atoms with Crippen molar-refractivity contribution in [2.75, 3.05) is 5.72 Å². The third kappa shape index (κ3) is 1.04. The maximum Gasteiger partial charge on any atom is 0.156 e. The van der Waals surface area contributed by atoms with Gasteiger partial charge in [-0.2, -0.15) is 0 Å². The second-order valence-corrected chi connectivity index (χ2v) is 1.58. The Balaban J connectivity index is 3.83. The lowest BCUT2D eigenvalue weighted by Crippen LogP contribution is -1.91. The molecule has 1 rings (SSSR count). The van der Waals surface area contributed by atoms with Crippen molar-refractivity contribution >= 4 is 5.69 Å². The molecule has 0 spiro atoms. The largest absolute Gasteiger partial charge is 0.398 e. The summed E-state index contributed by atoms with van der Waals surface area (Å²) in [6, 6.07) is -1.78. The Morgan fingerprint density at radius 3 is 3.22 bits per heavy atom. The van der Waals surface area contributed by atoms with Crippen molar-refractivity contribution in [2.45, 2.75) is 13.8 Å². The van der Waals surface area contributed by atoms with Crippen LogP contribution in [0.15, 0.2) is 18.1 Å². The Hall–Kier alpha value is -0.980. The van der Waals surface area contributed by atoms with E-state index in [9.17, 15) is 0 Å². The van der Waals surface area contributed by atoms with Crippen LogP contribution in [0.4, 0.5) is 5.69 Å². The molecule has 0 bridgehead atoms. The molecule has 0 unspecified atom stereocenters. The minimum Gasteiger partial charge on any atom is -0.398 e. The number of hydrogen-bond acceptors (Lipinski definition) is 1. The van der Waals surface area contributed by atoms with E-state index < -0.39 is 43.1 Å². The molecular weight excluding hydrogens is 110 g/mol. The first kappa shape index (κ1) is 1.36. The average molecular weight is 130 g/mol. The molecule has 9 heavy (non-hydrogen) atoms. The molecule has 0 aliphatic rings. The highest BCUT2D eigenvalue weighted by atomic mass is 14.6. The Bertz CT molecular complexity index is 465. The van der Waals surface area contributed by atoms with Crippen molar-refractivity contribution in [1.82, 2.24) is 0 Å². The number of hydrogen-bond donors (Lipinski definition) is 1. The van der Waals surface area contributed by atoms with Gasteiger partial charge in [-0.05, 0) is 24.9 Å². The molecule has 1 nitrogen and oxygen atoms in total. The van der Waals surface area contributed by atoms with E-state index in [4.69, 9.17) is 12.4 Å². The van der Waals surface area contributed by atoms with Crippen LogP contribution >= 0.6 is 0 Å². The molecule has 1 heteroatoms. The Morgan fingerprint density at radius 1 is 1.67 bits per heavy atom. The predicted molar refractivity (Wildman–Crippen MR) is 40.3 cm³/mol. The fraction of sp³-hybridized carbons (Fsp3) is 0.250. The lowest BCUT2D eigenvalue weighted by Gasteiger charge is -2.00. The van der Waals surface area contributed by atoms with Gasteiger partial charge in [-0.15, -0.1) is 0 Å². The van der Waals surface area contributed by atoms with E-state index in [2.05, 4.69) is 0 Å². The van der Waals surface area contributed by atoms with Gasteiger partial charge in [0.15, 0.2) is 2.82 Å². The second-order valence-electron chi connectivity index (χ2n) is 1.58. The van der Waals surface area contributed by atoms with Crippen LogP contribution < -0.4 is 5.72 Å². The molecule has 1 aromatic carbocycles. The summed E-state index contributed by atoms with van der Waals surface area (Å²) in [7, 11) is 0. The van der Waals surface area contributed by atoms with Crippen LogP contribution in [0.5, 0.6) is 0 Å². The number of benzene rings is 1. The van der Waals surface area contributed by atoms with Crippen molar-refractivity contribution < 1.29 is 12.4 Å². The Morgan fingerprint density at radius 2 is 2.56 bits per heavy atom. The van der Waals surface area contributed by atoms with Crippen molar-refractivity contribution in [3.8, 4) is 0 Å². The number of nitrogen functional groups attached to an aromatic ring is 1. The summed E-state index contributed by atoms with van der Waals surface area (Å²) in [5, 5.41) is 0. The van der Waals surface area contributed by atoms with Crippen LogP contribution in [0.2, 0.25) is 2.82 Å². The zero-order chi connectivity index (χ0) is 14.2. The third-order valence-corrected chi connectivity index (χ3v) is 0.924. The fourth-order valence-corrected chi connectivity index (χ4v) is 0.438. The third-order valence-electron chi connectivity index (χ3n) is 0.924. The summed E-state index contributed by atoms with van der Waals surface area (Å²) in [6.07, 6.45) is 0. The second kappa shape index (κ2) is 2.09. The monoisotopic (exact) mass is 130 g/mol. The summed E-state index contributed by atoms with van der Waals surface area (Å²) in [5.74, 6) is 0. The van der Waals surface area contributed by atoms with E-state index >= 15 is 0 Å². The highest BCUT2D eigenvalue weighted by Gasteiger charge is 1.92. The molecule has 0 fully saturated rings. The minimum absolute atomic E-state index is 0.0128. The first-order valence-corrected chi connectivity index (χ1v) is 2.33. The van der Waals surface area contributed by atoms with Gasteiger partial charge >= 0.3 is 0 Å². The van der Waals surface area contributed by atoms with Gasteiger partial charge in [0.2, 0.25) is 0 Å². The Labute approximate surface area is 68.3 Å². The van der Waals surface area contributed by atoms with Gasteiger partial charge in [0.25, 0.3) is 0 Å². The molecule has 0 radical (unpaired) electrons. The zero-order valence-electron chi connectivity index (χ0n) is 13.7. The van der Waals surface area contributed by atoms with E-state index in [0.717, 1.165) is 0 Å². The van der Waals surface area contributed by atoms with Crippen LogP contribution in [0.3, 0.4) is 0 Å². The van der Waals surface area contributed by atoms with Crippen LogP contribution in [-0.2, 0) is 0 Å². The quantitative estimate of drug-likeness (QED) is 0.577. The SMILES string of the molecule is [2H]Cc1c([2H])c([2H])c([2H])c(C([2H])([2H])[2H])c1N([2H])[2H]. The van der Waals surface area contributed by atoms with Crippen LogP contribution in [-0.4, -0.2) is 0 Å². The molecule has 0 saturated carbocycles. The van der Waals surface area contributed by atoms with E-state index in [1.807, 2.05) is 0 Å². The van der Waals surface area contributed by atoms with Crippen molar-refractivity contribution in [3.05, 3.63) is 29.3 Å². The zero-order valence-corrected chi connectivity index (χ0v) is 4.65. The number of rotatable bonds is 1. The highest BCUT2D eigenvalue weighted by Crippen LogP contribution is 2.13. The molecule has 0 aliphatic heterocycles. The average Bonchev–Trinajstić information content (AvgIpc) is 2.23. The van der Waals surface area contributed by atoms with Gasteiger partial charge in [0, 0.05) is 11.2 Å². The maximum absolute atomic E-state index is 7.58. The maximum atomic E-state index is 7.58. The van der Waals surface area contributed by atoms with Gasteiger partial charge < -0.3 is 5.72 Å². The first-order chi connectivity index (χ1) is 8.12. The molecule has 0 heterocycles. The van der Waals surface area contributed by atoms with Gasteiger partial charge in [-0.3, -0.25) is 0 Å². The van der Waals surface area contributed by atoms with E-state index in [-0.39, 0.29) is 11.3 Å². The fourth-order valence-electron chi connectivity index (χ4n) is 0.438. The van der Waals surface area contributed by atoms with E-state index in [1.54, 1.807) is 0 Å². The molecule has 0 aromatic heterocycles. The minimum atomic E-state index is -2.78. The van der Waals surface area contributed by atoms with Gasteiger partial charge in [-0.25, -0.2) is 0 Å². The van der Waals surface area contributed by atoms with Crippen LogP contribution in [0.1, 0.15) is 20.7 Å².